The Balaban J connectivity index is 2.09. The zero-order valence-corrected chi connectivity index (χ0v) is 7.10. The Hall–Kier alpha value is -0.570. The van der Waals surface area contributed by atoms with Crippen molar-refractivity contribution in [2.75, 3.05) is 26.8 Å². The van der Waals surface area contributed by atoms with Crippen LogP contribution in [0.15, 0.2) is 4.99 Å². The van der Waals surface area contributed by atoms with Gasteiger partial charge < -0.3 is 10.1 Å². The Bertz CT molecular complexity index is 134. The molecule has 0 unspecified atom stereocenters. The van der Waals surface area contributed by atoms with Crippen molar-refractivity contribution in [3.05, 3.63) is 0 Å². The van der Waals surface area contributed by atoms with Gasteiger partial charge in [-0.3, -0.25) is 4.99 Å². The molecule has 0 saturated heterocycles. The molecule has 0 bridgehead atoms. The van der Waals surface area contributed by atoms with Crippen molar-refractivity contribution >= 4 is 5.84 Å². The number of hydrogen-bond acceptors (Lipinski definition) is 3. The molecule has 0 radical (unpaired) electrons. The van der Waals surface area contributed by atoms with Crippen LogP contribution in [0, 0.1) is 0 Å². The summed E-state index contributed by atoms with van der Waals surface area (Å²) >= 11 is 0. The van der Waals surface area contributed by atoms with E-state index in [9.17, 15) is 0 Å². The standard InChI is InChI=1S/C8H16N2O/c1-11-7-2-4-8-9-5-3-6-10-8/h2-7H2,1H3,(H,9,10). The van der Waals surface area contributed by atoms with Crippen molar-refractivity contribution in [3.63, 3.8) is 0 Å². The van der Waals surface area contributed by atoms with Crippen molar-refractivity contribution < 1.29 is 4.74 Å². The highest BCUT2D eigenvalue weighted by Gasteiger charge is 2.02. The fraction of sp³-hybridized carbons (Fsp3) is 0.875. The van der Waals surface area contributed by atoms with Crippen LogP contribution in [-0.2, 0) is 4.74 Å². The Morgan fingerprint density at radius 3 is 3.18 bits per heavy atom. The molecule has 1 heterocycles. The number of ether oxygens (including phenoxy) is 1. The van der Waals surface area contributed by atoms with Gasteiger partial charge in [-0.2, -0.15) is 0 Å². The Labute approximate surface area is 67.8 Å². The lowest BCUT2D eigenvalue weighted by Gasteiger charge is -2.13. The zero-order valence-electron chi connectivity index (χ0n) is 7.10. The average Bonchev–Trinajstić information content (AvgIpc) is 2.07. The molecule has 0 saturated carbocycles. The normalized spacial score (nSPS) is 17.4. The first kappa shape index (κ1) is 8.53. The van der Waals surface area contributed by atoms with Crippen molar-refractivity contribution in [3.8, 4) is 0 Å². The van der Waals surface area contributed by atoms with Gasteiger partial charge in [0.05, 0.1) is 5.84 Å². The average molecular weight is 156 g/mol. The largest absolute Gasteiger partial charge is 0.385 e. The van der Waals surface area contributed by atoms with Gasteiger partial charge in [0.15, 0.2) is 0 Å². The second kappa shape index (κ2) is 5.13. The minimum atomic E-state index is 0.834. The summed E-state index contributed by atoms with van der Waals surface area (Å²) in [5.41, 5.74) is 0. The molecule has 0 aromatic heterocycles. The third kappa shape index (κ3) is 3.37. The molecule has 1 aliphatic heterocycles. The highest BCUT2D eigenvalue weighted by atomic mass is 16.5. The second-order valence-electron chi connectivity index (χ2n) is 2.71. The van der Waals surface area contributed by atoms with Crippen LogP contribution in [0.25, 0.3) is 0 Å². The van der Waals surface area contributed by atoms with E-state index in [1.54, 1.807) is 7.11 Å². The number of amidine groups is 1. The lowest BCUT2D eigenvalue weighted by molar-refractivity contribution is 0.196. The molecule has 1 N–H and O–H groups in total. The molecule has 0 aromatic carbocycles. The lowest BCUT2D eigenvalue weighted by atomic mass is 10.2. The van der Waals surface area contributed by atoms with Gasteiger partial charge in [-0.25, -0.2) is 0 Å². The van der Waals surface area contributed by atoms with E-state index in [0.29, 0.717) is 0 Å². The van der Waals surface area contributed by atoms with Gasteiger partial charge in [-0.15, -0.1) is 0 Å². The maximum absolute atomic E-state index is 4.95. The summed E-state index contributed by atoms with van der Waals surface area (Å²) < 4.78 is 4.95. The Morgan fingerprint density at radius 2 is 2.55 bits per heavy atom. The SMILES string of the molecule is COCCCC1=NCCCN1. The molecular formula is C8H16N2O. The first-order valence-electron chi connectivity index (χ1n) is 4.19. The maximum Gasteiger partial charge on any atom is 0.0963 e. The highest BCUT2D eigenvalue weighted by molar-refractivity contribution is 5.82. The van der Waals surface area contributed by atoms with E-state index in [0.717, 1.165) is 38.4 Å². The second-order valence-corrected chi connectivity index (χ2v) is 2.71. The van der Waals surface area contributed by atoms with Gasteiger partial charge >= 0.3 is 0 Å². The van der Waals surface area contributed by atoms with Gasteiger partial charge in [0.2, 0.25) is 0 Å². The minimum absolute atomic E-state index is 0.834. The first-order valence-corrected chi connectivity index (χ1v) is 4.19. The first-order chi connectivity index (χ1) is 5.43. The predicted molar refractivity (Wildman–Crippen MR) is 46.0 cm³/mol. The summed E-state index contributed by atoms with van der Waals surface area (Å²) in [6.45, 7) is 2.92. The topological polar surface area (TPSA) is 33.6 Å². The molecule has 0 atom stereocenters. The van der Waals surface area contributed by atoms with Gasteiger partial charge in [-0.1, -0.05) is 0 Å². The number of rotatable bonds is 4. The molecular weight excluding hydrogens is 140 g/mol. The van der Waals surface area contributed by atoms with Crippen LogP contribution < -0.4 is 5.32 Å². The van der Waals surface area contributed by atoms with E-state index in [-0.39, 0.29) is 0 Å². The third-order valence-corrected chi connectivity index (χ3v) is 1.73. The van der Waals surface area contributed by atoms with Crippen molar-refractivity contribution in [2.24, 2.45) is 4.99 Å². The molecule has 0 fully saturated rings. The summed E-state index contributed by atoms with van der Waals surface area (Å²) in [4.78, 5) is 4.35. The summed E-state index contributed by atoms with van der Waals surface area (Å²) in [7, 11) is 1.73. The zero-order chi connectivity index (χ0) is 7.94. The van der Waals surface area contributed by atoms with Crippen LogP contribution in [0.1, 0.15) is 19.3 Å². The van der Waals surface area contributed by atoms with Crippen molar-refractivity contribution in [1.82, 2.24) is 5.32 Å². The van der Waals surface area contributed by atoms with E-state index in [4.69, 9.17) is 4.74 Å². The van der Waals surface area contributed by atoms with Crippen LogP contribution >= 0.6 is 0 Å². The van der Waals surface area contributed by atoms with Gasteiger partial charge in [0, 0.05) is 33.2 Å². The van der Waals surface area contributed by atoms with Crippen LogP contribution in [-0.4, -0.2) is 32.6 Å². The molecule has 3 heteroatoms. The molecule has 1 aliphatic rings. The summed E-state index contributed by atoms with van der Waals surface area (Å²) in [6.07, 6.45) is 3.28. The van der Waals surface area contributed by atoms with E-state index in [2.05, 4.69) is 10.3 Å². The number of nitrogens with zero attached hydrogens (tertiary/aromatic N) is 1. The van der Waals surface area contributed by atoms with Crippen LogP contribution in [0.2, 0.25) is 0 Å². The van der Waals surface area contributed by atoms with Gasteiger partial charge in [0.25, 0.3) is 0 Å². The van der Waals surface area contributed by atoms with Crippen LogP contribution in [0.4, 0.5) is 0 Å². The van der Waals surface area contributed by atoms with E-state index >= 15 is 0 Å². The number of methoxy groups -OCH3 is 1. The minimum Gasteiger partial charge on any atom is -0.385 e. The van der Waals surface area contributed by atoms with Crippen molar-refractivity contribution in [1.29, 1.82) is 0 Å². The van der Waals surface area contributed by atoms with Crippen molar-refractivity contribution in [2.45, 2.75) is 19.3 Å². The molecule has 0 aliphatic carbocycles. The van der Waals surface area contributed by atoms with Crippen LogP contribution in [0.5, 0.6) is 0 Å². The third-order valence-electron chi connectivity index (χ3n) is 1.73. The van der Waals surface area contributed by atoms with Gasteiger partial charge in [0.1, 0.15) is 0 Å². The molecule has 0 aromatic rings. The highest BCUT2D eigenvalue weighted by Crippen LogP contribution is 1.96. The van der Waals surface area contributed by atoms with Gasteiger partial charge in [-0.05, 0) is 12.8 Å². The summed E-state index contributed by atoms with van der Waals surface area (Å²) in [5, 5.41) is 3.27. The smallest absolute Gasteiger partial charge is 0.0963 e. The Kier molecular flexibility index (Phi) is 3.98. The maximum atomic E-state index is 4.95. The van der Waals surface area contributed by atoms with Crippen LogP contribution in [0.3, 0.4) is 0 Å². The fourth-order valence-corrected chi connectivity index (χ4v) is 1.13. The molecule has 11 heavy (non-hydrogen) atoms. The number of nitrogens with one attached hydrogen (secondary N) is 1. The summed E-state index contributed by atoms with van der Waals surface area (Å²) in [6, 6.07) is 0. The molecule has 1 rings (SSSR count). The fourth-order valence-electron chi connectivity index (χ4n) is 1.13. The lowest BCUT2D eigenvalue weighted by Crippen LogP contribution is -2.29. The number of aliphatic imine (C=N–C) groups is 1. The molecule has 0 amide bonds. The quantitative estimate of drug-likeness (QED) is 0.611. The molecule has 64 valence electrons. The Morgan fingerprint density at radius 1 is 1.64 bits per heavy atom. The van der Waals surface area contributed by atoms with E-state index < -0.39 is 0 Å². The van der Waals surface area contributed by atoms with E-state index in [1.165, 1.54) is 6.42 Å². The van der Waals surface area contributed by atoms with E-state index in [1.807, 2.05) is 0 Å². The monoisotopic (exact) mass is 156 g/mol. The molecule has 0 spiro atoms. The predicted octanol–water partition coefficient (Wildman–Crippen LogP) is 0.805. The summed E-state index contributed by atoms with van der Waals surface area (Å²) in [5.74, 6) is 1.16. The number of hydrogen-bond donors (Lipinski definition) is 1. The molecule has 3 nitrogen and oxygen atoms in total.